The van der Waals surface area contributed by atoms with E-state index >= 15 is 0 Å². The Morgan fingerprint density at radius 3 is 1.26 bits per heavy atom. The van der Waals surface area contributed by atoms with Gasteiger partial charge < -0.3 is 24.4 Å². The number of aliphatic carboxylic acids is 2. The Balaban J connectivity index is 4.11. The van der Waals surface area contributed by atoms with Crippen LogP contribution in [0, 0.1) is 10.8 Å². The fourth-order valence-electron chi connectivity index (χ4n) is 1.80. The van der Waals surface area contributed by atoms with Gasteiger partial charge in [0.2, 0.25) is 0 Å². The smallest absolute Gasteiger partial charge is 0.306 e. The van der Waals surface area contributed by atoms with Gasteiger partial charge in [0.1, 0.15) is 0 Å². The van der Waals surface area contributed by atoms with E-state index < -0.39 is 34.7 Å². The number of hydrogen-bond donors (Lipinski definition) is 2. The summed E-state index contributed by atoms with van der Waals surface area (Å²) in [6.07, 6.45) is -0.886. The Kier molecular flexibility index (Phi) is 10.6. The van der Waals surface area contributed by atoms with Crippen LogP contribution in [0.5, 0.6) is 0 Å². The number of ether oxygens (including phenoxy) is 3. The van der Waals surface area contributed by atoms with Gasteiger partial charge in [-0.2, -0.15) is 0 Å². The summed E-state index contributed by atoms with van der Waals surface area (Å²) in [5.74, 6) is -3.25. The number of esters is 2. The molecule has 9 heteroatoms. The lowest BCUT2D eigenvalue weighted by Crippen LogP contribution is -2.32. The van der Waals surface area contributed by atoms with E-state index in [4.69, 9.17) is 24.4 Å². The zero-order chi connectivity index (χ0) is 21.1. The quantitative estimate of drug-likeness (QED) is 0.426. The molecule has 0 spiro atoms. The molecular weight excluding hydrogens is 360 g/mol. The molecule has 2 N–H and O–H groups in total. The molecule has 0 aromatic heterocycles. The molecule has 0 atom stereocenters. The van der Waals surface area contributed by atoms with Crippen LogP contribution in [0.4, 0.5) is 0 Å². The molecule has 9 nitrogen and oxygen atoms in total. The minimum Gasteiger partial charge on any atom is -0.481 e. The summed E-state index contributed by atoms with van der Waals surface area (Å²) in [5.41, 5.74) is -0.930. The lowest BCUT2D eigenvalue weighted by molar-refractivity contribution is -0.152. The molecule has 0 radical (unpaired) electrons. The second-order valence-electron chi connectivity index (χ2n) is 7.93. The molecule has 0 amide bonds. The maximum absolute atomic E-state index is 11.5. The predicted octanol–water partition coefficient (Wildman–Crippen LogP) is 1.87. The van der Waals surface area contributed by atoms with Crippen molar-refractivity contribution in [3.05, 3.63) is 0 Å². The number of carbonyl (C=O) groups excluding carboxylic acids is 2. The molecule has 0 aliphatic rings. The normalized spacial score (nSPS) is 11.7. The van der Waals surface area contributed by atoms with Gasteiger partial charge in [-0.1, -0.05) is 27.7 Å². The molecule has 0 aliphatic carbocycles. The van der Waals surface area contributed by atoms with Gasteiger partial charge in [-0.25, -0.2) is 0 Å². The molecule has 0 saturated carbocycles. The van der Waals surface area contributed by atoms with Gasteiger partial charge in [-0.3, -0.25) is 19.2 Å². The molecule has 0 aliphatic heterocycles. The van der Waals surface area contributed by atoms with Crippen LogP contribution in [0.2, 0.25) is 0 Å². The average molecular weight is 390 g/mol. The predicted molar refractivity (Wildman–Crippen MR) is 94.0 cm³/mol. The van der Waals surface area contributed by atoms with E-state index in [0.29, 0.717) is 0 Å². The van der Waals surface area contributed by atoms with Crippen LogP contribution >= 0.6 is 0 Å². The van der Waals surface area contributed by atoms with E-state index in [-0.39, 0.29) is 52.1 Å². The van der Waals surface area contributed by atoms with Crippen molar-refractivity contribution in [3.63, 3.8) is 0 Å². The van der Waals surface area contributed by atoms with E-state index in [2.05, 4.69) is 0 Å². The SMILES string of the molecule is CC(C)(COCC(C)(C)COC(=O)CCC(=O)O)COC(=O)CCC(=O)O. The van der Waals surface area contributed by atoms with Crippen molar-refractivity contribution in [2.24, 2.45) is 10.8 Å². The highest BCUT2D eigenvalue weighted by Gasteiger charge is 2.25. The molecule has 0 saturated heterocycles. The fourth-order valence-corrected chi connectivity index (χ4v) is 1.80. The number of carboxylic acid groups (broad SMARTS) is 2. The number of hydrogen-bond acceptors (Lipinski definition) is 7. The van der Waals surface area contributed by atoms with E-state index in [1.54, 1.807) is 0 Å². The Bertz CT molecular complexity index is 477. The van der Waals surface area contributed by atoms with Crippen LogP contribution in [0.3, 0.4) is 0 Å². The van der Waals surface area contributed by atoms with E-state index in [0.717, 1.165) is 0 Å². The molecule has 0 bridgehead atoms. The van der Waals surface area contributed by atoms with E-state index in [1.807, 2.05) is 27.7 Å². The van der Waals surface area contributed by atoms with Gasteiger partial charge in [0.25, 0.3) is 0 Å². The van der Waals surface area contributed by atoms with Crippen LogP contribution in [0.1, 0.15) is 53.4 Å². The topological polar surface area (TPSA) is 136 Å². The second-order valence-corrected chi connectivity index (χ2v) is 7.93. The number of carboxylic acids is 2. The summed E-state index contributed by atoms with van der Waals surface area (Å²) >= 11 is 0. The van der Waals surface area contributed by atoms with Gasteiger partial charge in [-0.15, -0.1) is 0 Å². The number of carbonyl (C=O) groups is 4. The monoisotopic (exact) mass is 390 g/mol. The van der Waals surface area contributed by atoms with Crippen molar-refractivity contribution in [2.45, 2.75) is 53.4 Å². The van der Waals surface area contributed by atoms with Crippen LogP contribution in [-0.4, -0.2) is 60.5 Å². The largest absolute Gasteiger partial charge is 0.481 e. The third kappa shape index (κ3) is 14.7. The summed E-state index contributed by atoms with van der Waals surface area (Å²) in [4.78, 5) is 43.8. The lowest BCUT2D eigenvalue weighted by atomic mass is 9.94. The molecule has 0 heterocycles. The minimum atomic E-state index is -1.06. The molecular formula is C18H30O9. The standard InChI is InChI=1S/C18H30O9/c1-17(2,11-26-15(23)7-5-13(19)20)9-25-10-18(3,4)12-27-16(24)8-6-14(21)22/h5-12H2,1-4H3,(H,19,20)(H,21,22). The summed E-state index contributed by atoms with van der Waals surface area (Å²) in [7, 11) is 0. The van der Waals surface area contributed by atoms with Crippen LogP contribution in [0.15, 0.2) is 0 Å². The lowest BCUT2D eigenvalue weighted by Gasteiger charge is -2.28. The highest BCUT2D eigenvalue weighted by Crippen LogP contribution is 2.21. The average Bonchev–Trinajstić information content (AvgIpc) is 2.54. The first kappa shape index (κ1) is 24.8. The van der Waals surface area contributed by atoms with Crippen molar-refractivity contribution in [1.29, 1.82) is 0 Å². The molecule has 0 fully saturated rings. The Morgan fingerprint density at radius 1 is 0.630 bits per heavy atom. The minimum absolute atomic E-state index is 0.0933. The van der Waals surface area contributed by atoms with Crippen molar-refractivity contribution < 1.29 is 43.6 Å². The summed E-state index contributed by atoms with van der Waals surface area (Å²) in [5, 5.41) is 17.1. The summed E-state index contributed by atoms with van der Waals surface area (Å²) in [6, 6.07) is 0. The van der Waals surface area contributed by atoms with Crippen molar-refractivity contribution in [3.8, 4) is 0 Å². The van der Waals surface area contributed by atoms with Gasteiger partial charge in [0.15, 0.2) is 0 Å². The fraction of sp³-hybridized carbons (Fsp3) is 0.778. The Hall–Kier alpha value is -2.16. The summed E-state index contributed by atoms with van der Waals surface area (Å²) in [6.45, 7) is 8.14. The third-order valence-corrected chi connectivity index (χ3v) is 3.32. The molecule has 0 aromatic carbocycles. The molecule has 0 aromatic rings. The summed E-state index contributed by atoms with van der Waals surface area (Å²) < 4.78 is 15.8. The van der Waals surface area contributed by atoms with Gasteiger partial charge in [0, 0.05) is 10.8 Å². The van der Waals surface area contributed by atoms with Crippen molar-refractivity contribution >= 4 is 23.9 Å². The Labute approximate surface area is 159 Å². The van der Waals surface area contributed by atoms with Crippen LogP contribution in [-0.2, 0) is 33.4 Å². The maximum atomic E-state index is 11.5. The van der Waals surface area contributed by atoms with E-state index in [9.17, 15) is 19.2 Å². The highest BCUT2D eigenvalue weighted by molar-refractivity contribution is 5.77. The molecule has 0 rings (SSSR count). The van der Waals surface area contributed by atoms with Crippen LogP contribution in [0.25, 0.3) is 0 Å². The molecule has 156 valence electrons. The maximum Gasteiger partial charge on any atom is 0.306 e. The molecule has 27 heavy (non-hydrogen) atoms. The van der Waals surface area contributed by atoms with Gasteiger partial charge in [0.05, 0.1) is 52.1 Å². The first-order valence-corrected chi connectivity index (χ1v) is 8.66. The van der Waals surface area contributed by atoms with Gasteiger partial charge >= 0.3 is 23.9 Å². The highest BCUT2D eigenvalue weighted by atomic mass is 16.5. The Morgan fingerprint density at radius 2 is 0.963 bits per heavy atom. The number of rotatable bonds is 14. The third-order valence-electron chi connectivity index (χ3n) is 3.32. The first-order valence-electron chi connectivity index (χ1n) is 8.66. The van der Waals surface area contributed by atoms with Crippen LogP contribution < -0.4 is 0 Å². The first-order chi connectivity index (χ1) is 12.3. The van der Waals surface area contributed by atoms with Crippen molar-refractivity contribution in [2.75, 3.05) is 26.4 Å². The molecule has 0 unspecified atom stereocenters. The zero-order valence-electron chi connectivity index (χ0n) is 16.4. The van der Waals surface area contributed by atoms with Crippen molar-refractivity contribution in [1.82, 2.24) is 0 Å². The second kappa shape index (κ2) is 11.5. The van der Waals surface area contributed by atoms with E-state index in [1.165, 1.54) is 0 Å². The zero-order valence-corrected chi connectivity index (χ0v) is 16.4. The van der Waals surface area contributed by atoms with Gasteiger partial charge in [-0.05, 0) is 0 Å².